The van der Waals surface area contributed by atoms with Gasteiger partial charge in [0.05, 0.1) is 5.54 Å². The van der Waals surface area contributed by atoms with E-state index in [0.29, 0.717) is 5.56 Å². The number of Topliss-reactive ketones (excluding diaryl/α,β-unsaturated/α-hetero) is 1. The van der Waals surface area contributed by atoms with Gasteiger partial charge in [-0.1, -0.05) is 0 Å². The zero-order valence-electron chi connectivity index (χ0n) is 9.98. The lowest BCUT2D eigenvalue weighted by Crippen LogP contribution is -2.45. The molecule has 88 valence electrons. The van der Waals surface area contributed by atoms with Crippen molar-refractivity contribution in [1.29, 1.82) is 0 Å². The number of likely N-dealkylation sites (N-methyl/N-ethyl adjacent to an activating group) is 1. The van der Waals surface area contributed by atoms with Gasteiger partial charge in [-0.25, -0.2) is 0 Å². The molecule has 0 aromatic heterocycles. The Morgan fingerprint density at radius 1 is 1.19 bits per heavy atom. The maximum absolute atomic E-state index is 12.1. The molecule has 0 bridgehead atoms. The predicted octanol–water partition coefficient (Wildman–Crippen LogP) is 1.62. The third-order valence-corrected chi connectivity index (χ3v) is 2.91. The number of hydrogen-bond donors (Lipinski definition) is 2. The Morgan fingerprint density at radius 3 is 2.19 bits per heavy atom. The number of ketones is 1. The zero-order valence-corrected chi connectivity index (χ0v) is 9.98. The molecule has 1 rings (SSSR count). The van der Waals surface area contributed by atoms with Crippen molar-refractivity contribution in [2.75, 3.05) is 14.1 Å². The molecule has 0 heterocycles. The lowest BCUT2D eigenvalue weighted by Gasteiger charge is -2.30. The lowest BCUT2D eigenvalue weighted by molar-refractivity contribution is 0.0755. The molecule has 4 heteroatoms. The van der Waals surface area contributed by atoms with Gasteiger partial charge in [0.1, 0.15) is 0 Å². The van der Waals surface area contributed by atoms with Gasteiger partial charge in [-0.15, -0.1) is 0 Å². The molecule has 0 amide bonds. The molecule has 16 heavy (non-hydrogen) atoms. The molecule has 1 aromatic carbocycles. The topological polar surface area (TPSA) is 60.8 Å². The summed E-state index contributed by atoms with van der Waals surface area (Å²) >= 11 is 0. The summed E-state index contributed by atoms with van der Waals surface area (Å²) in [5.41, 5.74) is -0.266. The van der Waals surface area contributed by atoms with Crippen LogP contribution in [0, 0.1) is 0 Å². The second-order valence-electron chi connectivity index (χ2n) is 4.49. The van der Waals surface area contributed by atoms with E-state index in [9.17, 15) is 9.90 Å². The molecule has 0 aliphatic carbocycles. The van der Waals surface area contributed by atoms with Gasteiger partial charge in [0, 0.05) is 5.56 Å². The third kappa shape index (κ3) is 2.17. The SMILES string of the molecule is CN(C)C(C)(C)C(=O)c1ccc(O)c(O)c1. The van der Waals surface area contributed by atoms with Crippen LogP contribution in [0.3, 0.4) is 0 Å². The first kappa shape index (κ1) is 12.5. The minimum atomic E-state index is -0.649. The molecule has 0 spiro atoms. The van der Waals surface area contributed by atoms with Crippen molar-refractivity contribution >= 4 is 5.78 Å². The number of nitrogens with zero attached hydrogens (tertiary/aromatic N) is 1. The Balaban J connectivity index is 3.11. The number of phenolic OH excluding ortho intramolecular Hbond substituents is 2. The van der Waals surface area contributed by atoms with E-state index in [2.05, 4.69) is 0 Å². The Morgan fingerprint density at radius 2 is 1.75 bits per heavy atom. The number of benzene rings is 1. The summed E-state index contributed by atoms with van der Waals surface area (Å²) in [6.07, 6.45) is 0. The fourth-order valence-electron chi connectivity index (χ4n) is 1.22. The zero-order chi connectivity index (χ0) is 12.5. The van der Waals surface area contributed by atoms with Gasteiger partial charge in [0.25, 0.3) is 0 Å². The van der Waals surface area contributed by atoms with Crippen LogP contribution in [0.2, 0.25) is 0 Å². The summed E-state index contributed by atoms with van der Waals surface area (Å²) < 4.78 is 0. The number of carbonyl (C=O) groups is 1. The normalized spacial score (nSPS) is 11.8. The van der Waals surface area contributed by atoms with E-state index < -0.39 is 5.54 Å². The van der Waals surface area contributed by atoms with Crippen LogP contribution in [0.5, 0.6) is 11.5 Å². The van der Waals surface area contributed by atoms with Crippen LogP contribution in [-0.4, -0.2) is 40.5 Å². The summed E-state index contributed by atoms with van der Waals surface area (Å²) in [6, 6.07) is 4.10. The van der Waals surface area contributed by atoms with Gasteiger partial charge in [-0.3, -0.25) is 9.69 Å². The van der Waals surface area contributed by atoms with Crippen molar-refractivity contribution in [3.05, 3.63) is 23.8 Å². The number of phenols is 2. The summed E-state index contributed by atoms with van der Waals surface area (Å²) in [7, 11) is 3.64. The van der Waals surface area contributed by atoms with Crippen molar-refractivity contribution in [3.63, 3.8) is 0 Å². The second-order valence-corrected chi connectivity index (χ2v) is 4.49. The summed E-state index contributed by atoms with van der Waals surface area (Å²) in [5.74, 6) is -0.604. The van der Waals surface area contributed by atoms with E-state index in [-0.39, 0.29) is 17.3 Å². The van der Waals surface area contributed by atoms with Crippen molar-refractivity contribution in [3.8, 4) is 11.5 Å². The Bertz CT molecular complexity index is 411. The molecule has 0 radical (unpaired) electrons. The van der Waals surface area contributed by atoms with E-state index in [1.165, 1.54) is 18.2 Å². The summed E-state index contributed by atoms with van der Waals surface area (Å²) in [6.45, 7) is 3.61. The second kappa shape index (κ2) is 4.14. The molecule has 2 N–H and O–H groups in total. The van der Waals surface area contributed by atoms with E-state index in [4.69, 9.17) is 5.11 Å². The highest BCUT2D eigenvalue weighted by Crippen LogP contribution is 2.27. The lowest BCUT2D eigenvalue weighted by atomic mass is 9.92. The van der Waals surface area contributed by atoms with Crippen LogP contribution in [0.1, 0.15) is 24.2 Å². The molecule has 0 saturated carbocycles. The van der Waals surface area contributed by atoms with Crippen LogP contribution in [0.15, 0.2) is 18.2 Å². The van der Waals surface area contributed by atoms with Crippen LogP contribution < -0.4 is 0 Å². The summed E-state index contributed by atoms with van der Waals surface area (Å²) in [5, 5.41) is 18.5. The van der Waals surface area contributed by atoms with Crippen molar-refractivity contribution in [2.24, 2.45) is 0 Å². The van der Waals surface area contributed by atoms with Crippen molar-refractivity contribution < 1.29 is 15.0 Å². The quantitative estimate of drug-likeness (QED) is 0.604. The maximum atomic E-state index is 12.1. The molecule has 0 fully saturated rings. The molecular weight excluding hydrogens is 206 g/mol. The molecule has 0 saturated heterocycles. The van der Waals surface area contributed by atoms with Gasteiger partial charge in [0.15, 0.2) is 17.3 Å². The fourth-order valence-corrected chi connectivity index (χ4v) is 1.22. The Labute approximate surface area is 95.1 Å². The van der Waals surface area contributed by atoms with Gasteiger partial charge < -0.3 is 10.2 Å². The molecule has 0 unspecified atom stereocenters. The molecule has 0 aliphatic rings. The van der Waals surface area contributed by atoms with Gasteiger partial charge in [-0.05, 0) is 46.1 Å². The minimum Gasteiger partial charge on any atom is -0.504 e. The monoisotopic (exact) mass is 223 g/mol. The molecule has 0 atom stereocenters. The highest BCUT2D eigenvalue weighted by molar-refractivity contribution is 6.03. The van der Waals surface area contributed by atoms with Gasteiger partial charge in [0.2, 0.25) is 0 Å². The fraction of sp³-hybridized carbons (Fsp3) is 0.417. The van der Waals surface area contributed by atoms with E-state index in [0.717, 1.165) is 0 Å². The number of carbonyl (C=O) groups excluding carboxylic acids is 1. The predicted molar refractivity (Wildman–Crippen MR) is 61.9 cm³/mol. The maximum Gasteiger partial charge on any atom is 0.182 e. The standard InChI is InChI=1S/C12H17NO3/c1-12(2,13(3)4)11(16)8-5-6-9(14)10(15)7-8/h5-7,14-15H,1-4H3. The van der Waals surface area contributed by atoms with Crippen LogP contribution in [0.25, 0.3) is 0 Å². The number of hydrogen-bond acceptors (Lipinski definition) is 4. The Hall–Kier alpha value is -1.55. The average Bonchev–Trinajstić information content (AvgIpc) is 2.20. The average molecular weight is 223 g/mol. The smallest absolute Gasteiger partial charge is 0.182 e. The van der Waals surface area contributed by atoms with Crippen LogP contribution in [-0.2, 0) is 0 Å². The Kier molecular flexibility index (Phi) is 3.24. The largest absolute Gasteiger partial charge is 0.504 e. The molecule has 4 nitrogen and oxygen atoms in total. The highest BCUT2D eigenvalue weighted by atomic mass is 16.3. The minimum absolute atomic E-state index is 0.104. The molecular formula is C12H17NO3. The van der Waals surface area contributed by atoms with Crippen LogP contribution in [0.4, 0.5) is 0 Å². The first-order valence-corrected chi connectivity index (χ1v) is 5.01. The van der Waals surface area contributed by atoms with Gasteiger partial charge in [-0.2, -0.15) is 0 Å². The summed E-state index contributed by atoms with van der Waals surface area (Å²) in [4.78, 5) is 13.9. The van der Waals surface area contributed by atoms with Gasteiger partial charge >= 0.3 is 0 Å². The molecule has 1 aromatic rings. The number of aromatic hydroxyl groups is 2. The van der Waals surface area contributed by atoms with E-state index in [1.807, 2.05) is 14.1 Å². The van der Waals surface area contributed by atoms with Crippen molar-refractivity contribution in [2.45, 2.75) is 19.4 Å². The van der Waals surface area contributed by atoms with E-state index >= 15 is 0 Å². The first-order valence-electron chi connectivity index (χ1n) is 5.01. The number of rotatable bonds is 3. The van der Waals surface area contributed by atoms with Crippen molar-refractivity contribution in [1.82, 2.24) is 4.90 Å². The third-order valence-electron chi connectivity index (χ3n) is 2.91. The molecule has 0 aliphatic heterocycles. The van der Waals surface area contributed by atoms with E-state index in [1.54, 1.807) is 18.7 Å². The highest BCUT2D eigenvalue weighted by Gasteiger charge is 2.31. The van der Waals surface area contributed by atoms with Crippen LogP contribution >= 0.6 is 0 Å². The first-order chi connectivity index (χ1) is 7.26.